The van der Waals surface area contributed by atoms with E-state index in [0.717, 1.165) is 0 Å². The lowest BCUT2D eigenvalue weighted by Crippen LogP contribution is -2.24. The molecule has 1 heterocycles. The molecule has 0 saturated heterocycles. The van der Waals surface area contributed by atoms with E-state index < -0.39 is 5.78 Å². The molecular weight excluding hydrogens is 420 g/mol. The van der Waals surface area contributed by atoms with E-state index in [-0.39, 0.29) is 23.4 Å². The van der Waals surface area contributed by atoms with Gasteiger partial charge in [-0.25, -0.2) is 0 Å². The highest BCUT2D eigenvalue weighted by molar-refractivity contribution is 6.10. The van der Waals surface area contributed by atoms with Gasteiger partial charge in [-0.2, -0.15) is 0 Å². The number of pyridine rings is 1. The number of carbonyl (C=O) groups is 2. The minimum atomic E-state index is -0.391. The smallest absolute Gasteiger partial charge is 0.244 e. The van der Waals surface area contributed by atoms with Crippen LogP contribution in [0.1, 0.15) is 15.9 Å². The van der Waals surface area contributed by atoms with Crippen LogP contribution >= 0.6 is 0 Å². The number of carbonyl (C=O) groups excluding carboxylic acids is 2. The van der Waals surface area contributed by atoms with Crippen LogP contribution < -0.4 is 20.2 Å². The van der Waals surface area contributed by atoms with E-state index in [0.29, 0.717) is 33.7 Å². The van der Waals surface area contributed by atoms with E-state index in [1.807, 2.05) is 0 Å². The molecule has 7 nitrogen and oxygen atoms in total. The molecule has 4 rings (SSSR count). The SMILES string of the molecule is COc1ccc(NC(=O)Cn2cc(C(=O)c3ccccc3)c(=O)c3ccccc32)c(OC)c1. The van der Waals surface area contributed by atoms with E-state index in [1.54, 1.807) is 84.5 Å². The van der Waals surface area contributed by atoms with Gasteiger partial charge in [0.1, 0.15) is 18.0 Å². The summed E-state index contributed by atoms with van der Waals surface area (Å²) >= 11 is 0. The lowest BCUT2D eigenvalue weighted by molar-refractivity contribution is -0.116. The van der Waals surface area contributed by atoms with Crippen molar-refractivity contribution in [2.75, 3.05) is 19.5 Å². The van der Waals surface area contributed by atoms with Crippen LogP contribution in [-0.2, 0) is 11.3 Å². The molecule has 0 aliphatic rings. The number of fused-ring (bicyclic) bond motifs is 1. The largest absolute Gasteiger partial charge is 0.497 e. The zero-order chi connectivity index (χ0) is 23.4. The van der Waals surface area contributed by atoms with Gasteiger partial charge in [-0.3, -0.25) is 14.4 Å². The molecule has 1 amide bonds. The third-order valence-corrected chi connectivity index (χ3v) is 5.27. The lowest BCUT2D eigenvalue weighted by atomic mass is 10.0. The number of hydrogen-bond acceptors (Lipinski definition) is 5. The molecule has 166 valence electrons. The first-order valence-corrected chi connectivity index (χ1v) is 10.3. The second kappa shape index (κ2) is 9.40. The molecule has 3 aromatic carbocycles. The van der Waals surface area contributed by atoms with Crippen LogP contribution in [0.3, 0.4) is 0 Å². The number of para-hydroxylation sites is 1. The van der Waals surface area contributed by atoms with Crippen LogP contribution in [0.25, 0.3) is 10.9 Å². The van der Waals surface area contributed by atoms with Crippen LogP contribution in [0.4, 0.5) is 5.69 Å². The van der Waals surface area contributed by atoms with Crippen molar-refractivity contribution in [2.24, 2.45) is 0 Å². The third-order valence-electron chi connectivity index (χ3n) is 5.27. The molecule has 7 heteroatoms. The highest BCUT2D eigenvalue weighted by Crippen LogP contribution is 2.29. The minimum absolute atomic E-state index is 0.00901. The summed E-state index contributed by atoms with van der Waals surface area (Å²) in [5.41, 5.74) is 1.09. The van der Waals surface area contributed by atoms with Gasteiger partial charge in [-0.1, -0.05) is 42.5 Å². The number of ketones is 1. The molecule has 1 aromatic heterocycles. The highest BCUT2D eigenvalue weighted by Gasteiger charge is 2.18. The molecule has 0 unspecified atom stereocenters. The van der Waals surface area contributed by atoms with Gasteiger partial charge in [0, 0.05) is 23.2 Å². The second-order valence-corrected chi connectivity index (χ2v) is 7.33. The van der Waals surface area contributed by atoms with Crippen LogP contribution in [-0.4, -0.2) is 30.5 Å². The van der Waals surface area contributed by atoms with Gasteiger partial charge in [-0.15, -0.1) is 0 Å². The van der Waals surface area contributed by atoms with Crippen molar-refractivity contribution in [3.05, 3.63) is 100 Å². The molecule has 0 spiro atoms. The Kier molecular flexibility index (Phi) is 6.22. The summed E-state index contributed by atoms with van der Waals surface area (Å²) in [4.78, 5) is 39.0. The molecule has 0 aliphatic carbocycles. The van der Waals surface area contributed by atoms with E-state index in [2.05, 4.69) is 5.32 Å². The zero-order valence-electron chi connectivity index (χ0n) is 18.2. The number of nitrogens with zero attached hydrogens (tertiary/aromatic N) is 1. The average Bonchev–Trinajstić information content (AvgIpc) is 2.86. The predicted molar refractivity (Wildman–Crippen MR) is 126 cm³/mol. The van der Waals surface area contributed by atoms with Crippen LogP contribution in [0.2, 0.25) is 0 Å². The fourth-order valence-corrected chi connectivity index (χ4v) is 3.63. The summed E-state index contributed by atoms with van der Waals surface area (Å²) in [6.07, 6.45) is 1.45. The van der Waals surface area contributed by atoms with E-state index >= 15 is 0 Å². The van der Waals surface area contributed by atoms with Gasteiger partial charge in [0.25, 0.3) is 0 Å². The molecule has 0 fully saturated rings. The van der Waals surface area contributed by atoms with Crippen molar-refractivity contribution in [2.45, 2.75) is 6.54 Å². The Bertz CT molecular complexity index is 1390. The van der Waals surface area contributed by atoms with Gasteiger partial charge in [0.15, 0.2) is 5.78 Å². The first-order chi connectivity index (χ1) is 16.0. The topological polar surface area (TPSA) is 86.6 Å². The maximum absolute atomic E-state index is 13.1. The number of rotatable bonds is 7. The van der Waals surface area contributed by atoms with Gasteiger partial charge in [-0.05, 0) is 24.3 Å². The van der Waals surface area contributed by atoms with Crippen molar-refractivity contribution in [1.29, 1.82) is 0 Å². The molecule has 1 N–H and O–H groups in total. The molecular formula is C26H22N2O5. The standard InChI is InChI=1S/C26H22N2O5/c1-32-18-12-13-21(23(14-18)33-2)27-24(29)16-28-15-20(25(30)17-8-4-3-5-9-17)26(31)19-10-6-7-11-22(19)28/h3-15H,16H2,1-2H3,(H,27,29). The number of methoxy groups -OCH3 is 2. The third kappa shape index (κ3) is 4.48. The fraction of sp³-hybridized carbons (Fsp3) is 0.115. The quantitative estimate of drug-likeness (QED) is 0.439. The molecule has 0 saturated carbocycles. The predicted octanol–water partition coefficient (Wildman–Crippen LogP) is 3.89. The van der Waals surface area contributed by atoms with Gasteiger partial charge >= 0.3 is 0 Å². The van der Waals surface area contributed by atoms with E-state index in [9.17, 15) is 14.4 Å². The van der Waals surface area contributed by atoms with Crippen LogP contribution in [0.15, 0.2) is 83.8 Å². The Morgan fingerprint density at radius 3 is 2.36 bits per heavy atom. The Hall–Kier alpha value is -4.39. The van der Waals surface area contributed by atoms with Crippen molar-refractivity contribution < 1.29 is 19.1 Å². The molecule has 0 atom stereocenters. The summed E-state index contributed by atoms with van der Waals surface area (Å²) in [6.45, 7) is -0.106. The Morgan fingerprint density at radius 1 is 0.909 bits per heavy atom. The molecule has 4 aromatic rings. The van der Waals surface area contributed by atoms with Crippen molar-refractivity contribution in [3.8, 4) is 11.5 Å². The maximum Gasteiger partial charge on any atom is 0.244 e. The van der Waals surface area contributed by atoms with Crippen LogP contribution in [0.5, 0.6) is 11.5 Å². The number of ether oxygens (including phenoxy) is 2. The van der Waals surface area contributed by atoms with Gasteiger partial charge in [0.2, 0.25) is 11.3 Å². The Balaban J connectivity index is 1.70. The Morgan fingerprint density at radius 2 is 1.64 bits per heavy atom. The molecule has 0 bridgehead atoms. The van der Waals surface area contributed by atoms with E-state index in [4.69, 9.17) is 9.47 Å². The normalized spacial score (nSPS) is 10.6. The summed E-state index contributed by atoms with van der Waals surface area (Å²) in [6, 6.07) is 20.6. The molecule has 0 aliphatic heterocycles. The number of hydrogen-bond donors (Lipinski definition) is 1. The zero-order valence-corrected chi connectivity index (χ0v) is 18.2. The van der Waals surface area contributed by atoms with Gasteiger partial charge < -0.3 is 19.4 Å². The summed E-state index contributed by atoms with van der Waals surface area (Å²) in [7, 11) is 3.05. The number of nitrogens with one attached hydrogen (secondary N) is 1. The first-order valence-electron chi connectivity index (χ1n) is 10.3. The highest BCUT2D eigenvalue weighted by atomic mass is 16.5. The Labute approximate surface area is 190 Å². The number of benzene rings is 3. The van der Waals surface area contributed by atoms with Gasteiger partial charge in [0.05, 0.1) is 31.0 Å². The summed E-state index contributed by atoms with van der Waals surface area (Å²) in [5, 5.41) is 3.19. The fourth-order valence-electron chi connectivity index (χ4n) is 3.63. The first kappa shape index (κ1) is 21.8. The summed E-state index contributed by atoms with van der Waals surface area (Å²) < 4.78 is 12.1. The minimum Gasteiger partial charge on any atom is -0.497 e. The average molecular weight is 442 g/mol. The maximum atomic E-state index is 13.1. The van der Waals surface area contributed by atoms with Crippen molar-refractivity contribution in [1.82, 2.24) is 4.57 Å². The molecule has 33 heavy (non-hydrogen) atoms. The number of anilines is 1. The number of aromatic nitrogens is 1. The van der Waals surface area contributed by atoms with Crippen molar-refractivity contribution >= 4 is 28.3 Å². The monoisotopic (exact) mass is 442 g/mol. The van der Waals surface area contributed by atoms with Crippen LogP contribution in [0, 0.1) is 0 Å². The summed E-state index contributed by atoms with van der Waals surface area (Å²) in [5.74, 6) is 0.315. The lowest BCUT2D eigenvalue weighted by Gasteiger charge is -2.15. The van der Waals surface area contributed by atoms with E-state index in [1.165, 1.54) is 13.3 Å². The number of amides is 1. The second-order valence-electron chi connectivity index (χ2n) is 7.33. The molecule has 0 radical (unpaired) electrons. The van der Waals surface area contributed by atoms with Crippen molar-refractivity contribution in [3.63, 3.8) is 0 Å².